The highest BCUT2D eigenvalue weighted by molar-refractivity contribution is 7.99. The molecule has 1 fully saturated rings. The molecule has 0 spiro atoms. The second-order valence-corrected chi connectivity index (χ2v) is 6.39. The third-order valence-corrected chi connectivity index (χ3v) is 4.54. The van der Waals surface area contributed by atoms with Crippen molar-refractivity contribution in [2.45, 2.75) is 24.3 Å². The monoisotopic (exact) mass is 340 g/mol. The van der Waals surface area contributed by atoms with Crippen LogP contribution >= 0.6 is 11.8 Å². The molecule has 1 aliphatic rings. The van der Waals surface area contributed by atoms with Crippen LogP contribution < -0.4 is 5.32 Å². The minimum absolute atomic E-state index is 0.0941. The lowest BCUT2D eigenvalue weighted by molar-refractivity contribution is -0.139. The van der Waals surface area contributed by atoms with E-state index in [0.717, 1.165) is 0 Å². The van der Waals surface area contributed by atoms with Crippen molar-refractivity contribution in [2.75, 3.05) is 32.1 Å². The van der Waals surface area contributed by atoms with Gasteiger partial charge in [0.2, 0.25) is 11.8 Å². The van der Waals surface area contributed by atoms with E-state index in [1.165, 1.54) is 17.8 Å². The highest BCUT2D eigenvalue weighted by Gasteiger charge is 2.23. The first-order valence-corrected chi connectivity index (χ1v) is 8.59. The number of nitrogens with one attached hydrogen (secondary N) is 1. The molecule has 1 aromatic carbocycles. The lowest BCUT2D eigenvalue weighted by Crippen LogP contribution is -2.50. The molecule has 0 bridgehead atoms. The van der Waals surface area contributed by atoms with Crippen LogP contribution in [0.2, 0.25) is 0 Å². The van der Waals surface area contributed by atoms with Crippen molar-refractivity contribution in [3.63, 3.8) is 0 Å². The molecule has 5 nitrogen and oxygen atoms in total. The largest absolute Gasteiger partial charge is 0.378 e. The van der Waals surface area contributed by atoms with E-state index in [4.69, 9.17) is 4.74 Å². The Bertz CT molecular complexity index is 550. The molecule has 2 amide bonds. The molecular weight excluding hydrogens is 319 g/mol. The van der Waals surface area contributed by atoms with Crippen LogP contribution in [0.1, 0.15) is 13.3 Å². The van der Waals surface area contributed by atoms with Gasteiger partial charge in [-0.05, 0) is 19.1 Å². The van der Waals surface area contributed by atoms with Crippen LogP contribution in [0.4, 0.5) is 4.39 Å². The molecule has 1 N–H and O–H groups in total. The fourth-order valence-electron chi connectivity index (χ4n) is 2.25. The summed E-state index contributed by atoms with van der Waals surface area (Å²) in [5.74, 6) is -0.120. The third kappa shape index (κ3) is 5.51. The number of halogens is 1. The Kier molecular flexibility index (Phi) is 6.85. The van der Waals surface area contributed by atoms with Crippen LogP contribution in [0, 0.1) is 5.82 Å². The van der Waals surface area contributed by atoms with Crippen LogP contribution in [0.5, 0.6) is 0 Å². The normalized spacial score (nSPS) is 16.0. The molecule has 0 aromatic heterocycles. The first-order valence-electron chi connectivity index (χ1n) is 7.61. The van der Waals surface area contributed by atoms with Gasteiger partial charge in [0, 0.05) is 30.2 Å². The summed E-state index contributed by atoms with van der Waals surface area (Å²) < 4.78 is 18.7. The zero-order valence-electron chi connectivity index (χ0n) is 13.1. The average Bonchev–Trinajstić information content (AvgIpc) is 2.56. The minimum Gasteiger partial charge on any atom is -0.378 e. The van der Waals surface area contributed by atoms with Gasteiger partial charge in [-0.2, -0.15) is 0 Å². The summed E-state index contributed by atoms with van der Waals surface area (Å²) in [5.41, 5.74) is 0. The molecule has 23 heavy (non-hydrogen) atoms. The quantitative estimate of drug-likeness (QED) is 0.801. The smallest absolute Gasteiger partial charge is 0.245 e. The predicted molar refractivity (Wildman–Crippen MR) is 86.7 cm³/mol. The van der Waals surface area contributed by atoms with Crippen molar-refractivity contribution in [1.29, 1.82) is 0 Å². The van der Waals surface area contributed by atoms with E-state index in [1.807, 2.05) is 0 Å². The molecule has 1 heterocycles. The maximum absolute atomic E-state index is 13.5. The SMILES string of the molecule is C[C@H](NC(=O)CCSc1ccccc1F)C(=O)N1CCOCC1. The summed E-state index contributed by atoms with van der Waals surface area (Å²) in [5, 5.41) is 2.70. The minimum atomic E-state index is -0.556. The highest BCUT2D eigenvalue weighted by atomic mass is 32.2. The molecule has 1 saturated heterocycles. The first-order chi connectivity index (χ1) is 11.1. The van der Waals surface area contributed by atoms with E-state index in [2.05, 4.69) is 5.32 Å². The average molecular weight is 340 g/mol. The van der Waals surface area contributed by atoms with Gasteiger partial charge < -0.3 is 15.0 Å². The second kappa shape index (κ2) is 8.88. The summed E-state index contributed by atoms with van der Waals surface area (Å²) in [6, 6.07) is 5.91. The second-order valence-electron chi connectivity index (χ2n) is 5.26. The maximum Gasteiger partial charge on any atom is 0.245 e. The number of rotatable bonds is 6. The molecule has 126 valence electrons. The predicted octanol–water partition coefficient (Wildman–Crippen LogP) is 1.67. The molecule has 0 radical (unpaired) electrons. The molecule has 0 unspecified atom stereocenters. The molecular formula is C16H21FN2O3S. The van der Waals surface area contributed by atoms with Crippen LogP contribution in [-0.4, -0.2) is 54.8 Å². The Morgan fingerprint density at radius 1 is 1.35 bits per heavy atom. The molecule has 1 aromatic rings. The Labute approximate surface area is 139 Å². The lowest BCUT2D eigenvalue weighted by Gasteiger charge is -2.29. The van der Waals surface area contributed by atoms with Gasteiger partial charge in [0.05, 0.1) is 13.2 Å². The van der Waals surface area contributed by atoms with Crippen molar-refractivity contribution < 1.29 is 18.7 Å². The fourth-order valence-corrected chi connectivity index (χ4v) is 3.14. The van der Waals surface area contributed by atoms with E-state index >= 15 is 0 Å². The number of morpholine rings is 1. The summed E-state index contributed by atoms with van der Waals surface area (Å²) in [4.78, 5) is 26.3. The first kappa shape index (κ1) is 17.7. The zero-order valence-corrected chi connectivity index (χ0v) is 13.9. The number of hydrogen-bond donors (Lipinski definition) is 1. The van der Waals surface area contributed by atoms with Crippen molar-refractivity contribution >= 4 is 23.6 Å². The molecule has 0 aliphatic carbocycles. The van der Waals surface area contributed by atoms with Gasteiger partial charge in [0.1, 0.15) is 11.9 Å². The van der Waals surface area contributed by atoms with E-state index in [1.54, 1.807) is 30.0 Å². The van der Waals surface area contributed by atoms with Crippen molar-refractivity contribution in [3.8, 4) is 0 Å². The summed E-state index contributed by atoms with van der Waals surface area (Å²) in [6.07, 6.45) is 0.236. The number of hydrogen-bond acceptors (Lipinski definition) is 4. The molecule has 2 rings (SSSR count). The van der Waals surface area contributed by atoms with Crippen LogP contribution in [0.25, 0.3) is 0 Å². The molecule has 0 saturated carbocycles. The van der Waals surface area contributed by atoms with Gasteiger partial charge in [0.15, 0.2) is 0 Å². The number of carbonyl (C=O) groups is 2. The van der Waals surface area contributed by atoms with Crippen molar-refractivity contribution in [2.24, 2.45) is 0 Å². The Morgan fingerprint density at radius 2 is 2.04 bits per heavy atom. The third-order valence-electron chi connectivity index (χ3n) is 3.49. The van der Waals surface area contributed by atoms with E-state index in [-0.39, 0.29) is 24.1 Å². The van der Waals surface area contributed by atoms with Crippen LogP contribution in [0.15, 0.2) is 29.2 Å². The zero-order chi connectivity index (χ0) is 16.7. The van der Waals surface area contributed by atoms with E-state index in [0.29, 0.717) is 37.0 Å². The molecule has 1 aliphatic heterocycles. The van der Waals surface area contributed by atoms with Crippen LogP contribution in [-0.2, 0) is 14.3 Å². The number of ether oxygens (including phenoxy) is 1. The Morgan fingerprint density at radius 3 is 2.74 bits per heavy atom. The highest BCUT2D eigenvalue weighted by Crippen LogP contribution is 2.21. The van der Waals surface area contributed by atoms with E-state index in [9.17, 15) is 14.0 Å². The van der Waals surface area contributed by atoms with E-state index < -0.39 is 6.04 Å². The Balaban J connectivity index is 1.71. The van der Waals surface area contributed by atoms with Gasteiger partial charge in [0.25, 0.3) is 0 Å². The number of nitrogens with zero attached hydrogens (tertiary/aromatic N) is 1. The number of carbonyl (C=O) groups excluding carboxylic acids is 2. The lowest BCUT2D eigenvalue weighted by atomic mass is 10.2. The standard InChI is InChI=1S/C16H21FN2O3S/c1-12(16(21)19-7-9-22-10-8-19)18-15(20)6-11-23-14-5-3-2-4-13(14)17/h2-5,12H,6-11H2,1H3,(H,18,20)/t12-/m0/s1. The van der Waals surface area contributed by atoms with Crippen molar-refractivity contribution in [3.05, 3.63) is 30.1 Å². The summed E-state index contributed by atoms with van der Waals surface area (Å²) in [7, 11) is 0. The fraction of sp³-hybridized carbons (Fsp3) is 0.500. The van der Waals surface area contributed by atoms with Crippen LogP contribution in [0.3, 0.4) is 0 Å². The molecule has 7 heteroatoms. The maximum atomic E-state index is 13.5. The van der Waals surface area contributed by atoms with Gasteiger partial charge in [-0.1, -0.05) is 12.1 Å². The number of thioether (sulfide) groups is 1. The van der Waals surface area contributed by atoms with Crippen molar-refractivity contribution in [1.82, 2.24) is 10.2 Å². The summed E-state index contributed by atoms with van der Waals surface area (Å²) >= 11 is 1.29. The van der Waals surface area contributed by atoms with Gasteiger partial charge >= 0.3 is 0 Å². The van der Waals surface area contributed by atoms with Gasteiger partial charge in [-0.3, -0.25) is 9.59 Å². The Hall–Kier alpha value is -1.60. The van der Waals surface area contributed by atoms with Gasteiger partial charge in [-0.15, -0.1) is 11.8 Å². The molecule has 1 atom stereocenters. The van der Waals surface area contributed by atoms with Gasteiger partial charge in [-0.25, -0.2) is 4.39 Å². The number of benzene rings is 1. The topological polar surface area (TPSA) is 58.6 Å². The summed E-state index contributed by atoms with van der Waals surface area (Å²) in [6.45, 7) is 3.86. The number of amides is 2.